The standard InChI is InChI=1S/C21H18F3N5O2/c1-27-11-15-18-17(7-6-16(25-18)20(31)28-9-8-14(30)10-28)29(19(15)26-27)13-4-2-12(3-5-13)21(22,23)24/h2-7,11,14,30H,8-10H2,1H3/t14-/m1/s1. The molecule has 10 heteroatoms. The van der Waals surface area contributed by atoms with Crippen LogP contribution in [0, 0.1) is 0 Å². The van der Waals surface area contributed by atoms with Crippen LogP contribution >= 0.6 is 0 Å². The second-order valence-electron chi connectivity index (χ2n) is 7.68. The van der Waals surface area contributed by atoms with Crippen LogP contribution in [0.3, 0.4) is 0 Å². The van der Waals surface area contributed by atoms with Gasteiger partial charge in [0.15, 0.2) is 5.65 Å². The number of halogens is 3. The molecule has 31 heavy (non-hydrogen) atoms. The predicted molar refractivity (Wildman–Crippen MR) is 107 cm³/mol. The Morgan fingerprint density at radius 1 is 1.16 bits per heavy atom. The van der Waals surface area contributed by atoms with Crippen LogP contribution in [-0.2, 0) is 13.2 Å². The summed E-state index contributed by atoms with van der Waals surface area (Å²) in [4.78, 5) is 18.9. The van der Waals surface area contributed by atoms with Crippen LogP contribution < -0.4 is 0 Å². The average Bonchev–Trinajstić information content (AvgIpc) is 3.40. The van der Waals surface area contributed by atoms with Crippen molar-refractivity contribution in [3.05, 3.63) is 53.9 Å². The Kier molecular flexibility index (Phi) is 4.30. The molecule has 1 aliphatic rings. The van der Waals surface area contributed by atoms with Crippen molar-refractivity contribution < 1.29 is 23.1 Å². The number of amides is 1. The van der Waals surface area contributed by atoms with Gasteiger partial charge in [-0.05, 0) is 42.8 Å². The fourth-order valence-corrected chi connectivity index (χ4v) is 4.02. The summed E-state index contributed by atoms with van der Waals surface area (Å²) in [7, 11) is 1.74. The number of hydrogen-bond donors (Lipinski definition) is 1. The minimum atomic E-state index is -4.42. The molecule has 0 bridgehead atoms. The molecule has 3 aromatic heterocycles. The number of pyridine rings is 1. The van der Waals surface area contributed by atoms with E-state index in [0.29, 0.717) is 40.7 Å². The summed E-state index contributed by atoms with van der Waals surface area (Å²) in [6.45, 7) is 0.738. The minimum Gasteiger partial charge on any atom is -0.391 e. The van der Waals surface area contributed by atoms with Gasteiger partial charge < -0.3 is 10.0 Å². The largest absolute Gasteiger partial charge is 0.416 e. The molecule has 0 saturated carbocycles. The maximum Gasteiger partial charge on any atom is 0.416 e. The second-order valence-corrected chi connectivity index (χ2v) is 7.68. The highest BCUT2D eigenvalue weighted by molar-refractivity contribution is 6.07. The number of fused-ring (bicyclic) bond motifs is 3. The van der Waals surface area contributed by atoms with Gasteiger partial charge in [0.2, 0.25) is 0 Å². The van der Waals surface area contributed by atoms with E-state index in [9.17, 15) is 23.1 Å². The van der Waals surface area contributed by atoms with E-state index in [1.54, 1.807) is 39.5 Å². The number of rotatable bonds is 2. The van der Waals surface area contributed by atoms with E-state index < -0.39 is 17.8 Å². The number of β-amino-alcohol motifs (C(OH)–C–C–N with tert-alkyl or cyclic N) is 1. The van der Waals surface area contributed by atoms with Gasteiger partial charge in [-0.15, -0.1) is 0 Å². The van der Waals surface area contributed by atoms with E-state index in [2.05, 4.69) is 10.1 Å². The number of aryl methyl sites for hydroxylation is 1. The third kappa shape index (κ3) is 3.23. The van der Waals surface area contributed by atoms with Crippen molar-refractivity contribution in [1.82, 2.24) is 24.2 Å². The Hall–Kier alpha value is -3.40. The lowest BCUT2D eigenvalue weighted by Gasteiger charge is -2.15. The first kappa shape index (κ1) is 19.6. The molecule has 0 aliphatic carbocycles. The molecule has 5 rings (SSSR count). The van der Waals surface area contributed by atoms with Crippen molar-refractivity contribution in [3.8, 4) is 5.69 Å². The zero-order valence-electron chi connectivity index (χ0n) is 16.5. The van der Waals surface area contributed by atoms with Crippen LogP contribution in [0.25, 0.3) is 27.8 Å². The van der Waals surface area contributed by atoms with Gasteiger partial charge in [-0.1, -0.05) is 0 Å². The van der Waals surface area contributed by atoms with Crippen LogP contribution in [0.4, 0.5) is 13.2 Å². The number of alkyl halides is 3. The Balaban J connectivity index is 1.64. The number of likely N-dealkylation sites (tertiary alicyclic amines) is 1. The van der Waals surface area contributed by atoms with Crippen LogP contribution in [0.5, 0.6) is 0 Å². The Labute approximate surface area is 174 Å². The molecule has 1 aromatic carbocycles. The molecule has 0 radical (unpaired) electrons. The van der Waals surface area contributed by atoms with Crippen LogP contribution in [-0.4, -0.2) is 54.4 Å². The number of carbonyl (C=O) groups is 1. The van der Waals surface area contributed by atoms with E-state index in [0.717, 1.165) is 12.1 Å². The average molecular weight is 429 g/mol. The fourth-order valence-electron chi connectivity index (χ4n) is 4.02. The van der Waals surface area contributed by atoms with Gasteiger partial charge in [0.25, 0.3) is 5.91 Å². The van der Waals surface area contributed by atoms with Crippen molar-refractivity contribution in [2.45, 2.75) is 18.7 Å². The third-order valence-electron chi connectivity index (χ3n) is 5.51. The highest BCUT2D eigenvalue weighted by atomic mass is 19.4. The molecule has 1 saturated heterocycles. The number of carbonyl (C=O) groups excluding carboxylic acids is 1. The molecule has 1 atom stereocenters. The first-order chi connectivity index (χ1) is 14.7. The van der Waals surface area contributed by atoms with Gasteiger partial charge in [0, 0.05) is 32.0 Å². The smallest absolute Gasteiger partial charge is 0.391 e. The molecule has 1 N–H and O–H groups in total. The molecule has 0 spiro atoms. The van der Waals surface area contributed by atoms with Gasteiger partial charge in [0.1, 0.15) is 11.2 Å². The Morgan fingerprint density at radius 3 is 2.55 bits per heavy atom. The number of aliphatic hydroxyl groups excluding tert-OH is 1. The molecule has 4 heterocycles. The van der Waals surface area contributed by atoms with Crippen molar-refractivity contribution >= 4 is 28.0 Å². The van der Waals surface area contributed by atoms with Crippen molar-refractivity contribution in [3.63, 3.8) is 0 Å². The SMILES string of the molecule is Cn1cc2c3nc(C(=O)N4CC[C@@H](O)C4)ccc3n(-c3ccc(C(F)(F)F)cc3)c2n1. The van der Waals surface area contributed by atoms with Crippen LogP contribution in [0.1, 0.15) is 22.5 Å². The van der Waals surface area contributed by atoms with E-state index in [4.69, 9.17) is 0 Å². The summed E-state index contributed by atoms with van der Waals surface area (Å²) < 4.78 is 42.2. The second kappa shape index (κ2) is 6.81. The number of hydrogen-bond acceptors (Lipinski definition) is 4. The summed E-state index contributed by atoms with van der Waals surface area (Å²) >= 11 is 0. The first-order valence-electron chi connectivity index (χ1n) is 9.72. The number of aliphatic hydroxyl groups is 1. The summed E-state index contributed by atoms with van der Waals surface area (Å²) in [6, 6.07) is 8.15. The molecular formula is C21H18F3N5O2. The van der Waals surface area contributed by atoms with E-state index in [1.165, 1.54) is 12.1 Å². The summed E-state index contributed by atoms with van der Waals surface area (Å²) in [5.41, 5.74) is 1.73. The molecule has 7 nitrogen and oxygen atoms in total. The van der Waals surface area contributed by atoms with Crippen molar-refractivity contribution in [1.29, 1.82) is 0 Å². The van der Waals surface area contributed by atoms with Crippen LogP contribution in [0.2, 0.25) is 0 Å². The zero-order chi connectivity index (χ0) is 21.9. The van der Waals surface area contributed by atoms with E-state index >= 15 is 0 Å². The maximum absolute atomic E-state index is 13.0. The molecule has 1 amide bonds. The summed E-state index contributed by atoms with van der Waals surface area (Å²) in [5, 5.41) is 14.8. The van der Waals surface area contributed by atoms with Crippen LogP contribution in [0.15, 0.2) is 42.6 Å². The van der Waals surface area contributed by atoms with Gasteiger partial charge in [-0.2, -0.15) is 18.3 Å². The lowest BCUT2D eigenvalue weighted by molar-refractivity contribution is -0.137. The number of aromatic nitrogens is 4. The quantitative estimate of drug-likeness (QED) is 0.531. The van der Waals surface area contributed by atoms with Gasteiger partial charge in [-0.3, -0.25) is 14.0 Å². The van der Waals surface area contributed by atoms with Gasteiger partial charge in [0.05, 0.1) is 22.6 Å². The lowest BCUT2D eigenvalue weighted by atomic mass is 10.2. The fraction of sp³-hybridized carbons (Fsp3) is 0.286. The van der Waals surface area contributed by atoms with E-state index in [-0.39, 0.29) is 18.1 Å². The van der Waals surface area contributed by atoms with Gasteiger partial charge in [-0.25, -0.2) is 4.98 Å². The van der Waals surface area contributed by atoms with E-state index in [1.807, 2.05) is 0 Å². The highest BCUT2D eigenvalue weighted by Gasteiger charge is 2.30. The Bertz CT molecular complexity index is 1310. The topological polar surface area (TPSA) is 76.2 Å². The van der Waals surface area contributed by atoms with Crippen molar-refractivity contribution in [2.24, 2.45) is 7.05 Å². The van der Waals surface area contributed by atoms with Gasteiger partial charge >= 0.3 is 6.18 Å². The Morgan fingerprint density at radius 2 is 1.90 bits per heavy atom. The lowest BCUT2D eigenvalue weighted by Crippen LogP contribution is -2.30. The molecular weight excluding hydrogens is 411 g/mol. The highest BCUT2D eigenvalue weighted by Crippen LogP contribution is 2.33. The zero-order valence-corrected chi connectivity index (χ0v) is 16.5. The predicted octanol–water partition coefficient (Wildman–Crippen LogP) is 3.14. The normalized spacial score (nSPS) is 17.2. The molecule has 1 fully saturated rings. The first-order valence-corrected chi connectivity index (χ1v) is 9.72. The van der Waals surface area contributed by atoms with Crippen molar-refractivity contribution in [2.75, 3.05) is 13.1 Å². The molecule has 160 valence electrons. The molecule has 0 unspecified atom stereocenters. The maximum atomic E-state index is 13.0. The monoisotopic (exact) mass is 429 g/mol. The summed E-state index contributed by atoms with van der Waals surface area (Å²) in [6.07, 6.45) is -2.65. The number of nitrogens with zero attached hydrogens (tertiary/aromatic N) is 5. The minimum absolute atomic E-state index is 0.247. The third-order valence-corrected chi connectivity index (χ3v) is 5.51. The molecule has 4 aromatic rings. The molecule has 1 aliphatic heterocycles. The number of benzene rings is 1. The summed E-state index contributed by atoms with van der Waals surface area (Å²) in [5.74, 6) is -0.266.